The highest BCUT2D eigenvalue weighted by Gasteiger charge is 2.14. The Morgan fingerprint density at radius 1 is 1.16 bits per heavy atom. The van der Waals surface area contributed by atoms with E-state index in [2.05, 4.69) is 5.32 Å². The van der Waals surface area contributed by atoms with E-state index in [1.807, 2.05) is 26.0 Å². The Bertz CT molecular complexity index is 638. The predicted molar refractivity (Wildman–Crippen MR) is 72.6 cm³/mol. The van der Waals surface area contributed by atoms with Gasteiger partial charge in [0.2, 0.25) is 0 Å². The van der Waals surface area contributed by atoms with Gasteiger partial charge in [-0.25, -0.2) is 9.18 Å². The van der Waals surface area contributed by atoms with Crippen LogP contribution < -0.4 is 5.32 Å². The Kier molecular flexibility index (Phi) is 3.51. The fourth-order valence-corrected chi connectivity index (χ4v) is 1.79. The molecule has 0 amide bonds. The second-order valence-corrected chi connectivity index (χ2v) is 4.39. The van der Waals surface area contributed by atoms with Crippen LogP contribution in [0.1, 0.15) is 21.5 Å². The standard InChI is InChI=1S/C15H14FNO2/c1-9-6-7-11(8-10(9)2)17-14-12(15(18)19)4-3-5-13(14)16/h3-8,17H,1-2H3,(H,18,19). The zero-order valence-electron chi connectivity index (χ0n) is 10.7. The van der Waals surface area contributed by atoms with Gasteiger partial charge in [-0.3, -0.25) is 0 Å². The molecule has 0 unspecified atom stereocenters. The average Bonchev–Trinajstić information content (AvgIpc) is 2.36. The fraction of sp³-hybridized carbons (Fsp3) is 0.133. The van der Waals surface area contributed by atoms with E-state index in [9.17, 15) is 9.18 Å². The van der Waals surface area contributed by atoms with E-state index in [0.717, 1.165) is 11.1 Å². The molecule has 0 saturated heterocycles. The number of carboxylic acids is 1. The lowest BCUT2D eigenvalue weighted by Gasteiger charge is -2.12. The van der Waals surface area contributed by atoms with E-state index in [1.165, 1.54) is 18.2 Å². The van der Waals surface area contributed by atoms with Crippen molar-refractivity contribution in [2.24, 2.45) is 0 Å². The first kappa shape index (κ1) is 13.1. The van der Waals surface area contributed by atoms with Gasteiger partial charge in [0.25, 0.3) is 0 Å². The Balaban J connectivity index is 2.42. The van der Waals surface area contributed by atoms with Gasteiger partial charge in [0.1, 0.15) is 5.82 Å². The second-order valence-electron chi connectivity index (χ2n) is 4.39. The van der Waals surface area contributed by atoms with Gasteiger partial charge >= 0.3 is 5.97 Å². The zero-order valence-corrected chi connectivity index (χ0v) is 10.7. The van der Waals surface area contributed by atoms with Crippen molar-refractivity contribution in [1.29, 1.82) is 0 Å². The number of aryl methyl sites for hydroxylation is 2. The number of nitrogens with one attached hydrogen (secondary N) is 1. The van der Waals surface area contributed by atoms with Gasteiger partial charge in [-0.2, -0.15) is 0 Å². The van der Waals surface area contributed by atoms with Crippen molar-refractivity contribution in [3.63, 3.8) is 0 Å². The molecule has 0 bridgehead atoms. The number of rotatable bonds is 3. The molecule has 2 rings (SSSR count). The summed E-state index contributed by atoms with van der Waals surface area (Å²) in [6.45, 7) is 3.92. The summed E-state index contributed by atoms with van der Waals surface area (Å²) >= 11 is 0. The molecule has 0 aliphatic rings. The van der Waals surface area contributed by atoms with Crippen molar-refractivity contribution >= 4 is 17.3 Å². The molecule has 2 aromatic carbocycles. The molecule has 0 spiro atoms. The highest BCUT2D eigenvalue weighted by Crippen LogP contribution is 2.25. The van der Waals surface area contributed by atoms with Crippen LogP contribution in [0.5, 0.6) is 0 Å². The van der Waals surface area contributed by atoms with Crippen LogP contribution in [-0.2, 0) is 0 Å². The van der Waals surface area contributed by atoms with Crippen LogP contribution in [-0.4, -0.2) is 11.1 Å². The molecule has 0 fully saturated rings. The summed E-state index contributed by atoms with van der Waals surface area (Å²) in [6.07, 6.45) is 0. The van der Waals surface area contributed by atoms with E-state index in [1.54, 1.807) is 6.07 Å². The number of hydrogen-bond donors (Lipinski definition) is 2. The second kappa shape index (κ2) is 5.10. The Morgan fingerprint density at radius 2 is 1.89 bits per heavy atom. The summed E-state index contributed by atoms with van der Waals surface area (Å²) in [6, 6.07) is 9.53. The maximum atomic E-state index is 13.8. The minimum atomic E-state index is -1.16. The summed E-state index contributed by atoms with van der Waals surface area (Å²) in [7, 11) is 0. The quantitative estimate of drug-likeness (QED) is 0.879. The van der Waals surface area contributed by atoms with Gasteiger partial charge < -0.3 is 10.4 Å². The smallest absolute Gasteiger partial charge is 0.337 e. The highest BCUT2D eigenvalue weighted by molar-refractivity contribution is 5.95. The third-order valence-corrected chi connectivity index (χ3v) is 3.02. The van der Waals surface area contributed by atoms with Crippen LogP contribution >= 0.6 is 0 Å². The van der Waals surface area contributed by atoms with Gasteiger partial charge in [-0.05, 0) is 49.2 Å². The van der Waals surface area contributed by atoms with Crippen molar-refractivity contribution in [2.45, 2.75) is 13.8 Å². The summed E-state index contributed by atoms with van der Waals surface area (Å²) in [4.78, 5) is 11.1. The molecule has 0 radical (unpaired) electrons. The normalized spacial score (nSPS) is 10.3. The molecule has 3 nitrogen and oxygen atoms in total. The highest BCUT2D eigenvalue weighted by atomic mass is 19.1. The number of carbonyl (C=O) groups is 1. The van der Waals surface area contributed by atoms with Crippen molar-refractivity contribution in [2.75, 3.05) is 5.32 Å². The topological polar surface area (TPSA) is 49.3 Å². The van der Waals surface area contributed by atoms with E-state index in [-0.39, 0.29) is 11.3 Å². The summed E-state index contributed by atoms with van der Waals surface area (Å²) in [5.74, 6) is -1.75. The Labute approximate surface area is 110 Å². The van der Waals surface area contributed by atoms with Crippen LogP contribution in [0.15, 0.2) is 36.4 Å². The maximum Gasteiger partial charge on any atom is 0.337 e. The molecular weight excluding hydrogens is 245 g/mol. The molecule has 4 heteroatoms. The number of carboxylic acid groups (broad SMARTS) is 1. The van der Waals surface area contributed by atoms with Crippen LogP contribution in [0.2, 0.25) is 0 Å². The Morgan fingerprint density at radius 3 is 2.53 bits per heavy atom. The molecule has 0 aliphatic carbocycles. The number of para-hydroxylation sites is 1. The van der Waals surface area contributed by atoms with Gasteiger partial charge in [-0.1, -0.05) is 12.1 Å². The molecule has 2 aromatic rings. The summed E-state index contributed by atoms with van der Waals surface area (Å²) < 4.78 is 13.8. The minimum absolute atomic E-state index is 0.0155. The van der Waals surface area contributed by atoms with Crippen LogP contribution in [0.25, 0.3) is 0 Å². The number of halogens is 1. The molecule has 0 saturated carbocycles. The first-order chi connectivity index (χ1) is 8.99. The van der Waals surface area contributed by atoms with Crippen molar-refractivity contribution in [1.82, 2.24) is 0 Å². The lowest BCUT2D eigenvalue weighted by atomic mass is 10.1. The summed E-state index contributed by atoms with van der Waals surface area (Å²) in [5.41, 5.74) is 2.74. The van der Waals surface area contributed by atoms with Crippen molar-refractivity contribution < 1.29 is 14.3 Å². The largest absolute Gasteiger partial charge is 0.478 e. The third kappa shape index (κ3) is 2.73. The number of hydrogen-bond acceptors (Lipinski definition) is 2. The molecule has 0 aromatic heterocycles. The third-order valence-electron chi connectivity index (χ3n) is 3.02. The van der Waals surface area contributed by atoms with E-state index >= 15 is 0 Å². The lowest BCUT2D eigenvalue weighted by molar-refractivity contribution is 0.0697. The summed E-state index contributed by atoms with van der Waals surface area (Å²) in [5, 5.41) is 11.9. The first-order valence-electron chi connectivity index (χ1n) is 5.85. The van der Waals surface area contributed by atoms with Crippen molar-refractivity contribution in [3.05, 3.63) is 58.9 Å². The Hall–Kier alpha value is -2.36. The van der Waals surface area contributed by atoms with E-state index in [0.29, 0.717) is 5.69 Å². The predicted octanol–water partition coefficient (Wildman–Crippen LogP) is 3.88. The maximum absolute atomic E-state index is 13.8. The molecular formula is C15H14FNO2. The molecule has 98 valence electrons. The van der Waals surface area contributed by atoms with Crippen LogP contribution in [0.4, 0.5) is 15.8 Å². The molecule has 0 aliphatic heterocycles. The van der Waals surface area contributed by atoms with E-state index in [4.69, 9.17) is 5.11 Å². The van der Waals surface area contributed by atoms with Gasteiger partial charge in [-0.15, -0.1) is 0 Å². The number of benzene rings is 2. The zero-order chi connectivity index (χ0) is 14.0. The van der Waals surface area contributed by atoms with E-state index < -0.39 is 11.8 Å². The minimum Gasteiger partial charge on any atom is -0.478 e. The molecule has 2 N–H and O–H groups in total. The monoisotopic (exact) mass is 259 g/mol. The number of anilines is 2. The van der Waals surface area contributed by atoms with Crippen LogP contribution in [0, 0.1) is 19.7 Å². The molecule has 0 atom stereocenters. The molecule has 0 heterocycles. The van der Waals surface area contributed by atoms with Crippen LogP contribution in [0.3, 0.4) is 0 Å². The fourth-order valence-electron chi connectivity index (χ4n) is 1.79. The molecule has 19 heavy (non-hydrogen) atoms. The SMILES string of the molecule is Cc1ccc(Nc2c(F)cccc2C(=O)O)cc1C. The van der Waals surface area contributed by atoms with Crippen molar-refractivity contribution in [3.8, 4) is 0 Å². The lowest BCUT2D eigenvalue weighted by Crippen LogP contribution is -2.05. The first-order valence-corrected chi connectivity index (χ1v) is 5.85. The van der Waals surface area contributed by atoms with Gasteiger partial charge in [0.05, 0.1) is 11.3 Å². The van der Waals surface area contributed by atoms with Gasteiger partial charge in [0, 0.05) is 5.69 Å². The van der Waals surface area contributed by atoms with Gasteiger partial charge in [0.15, 0.2) is 0 Å². The average molecular weight is 259 g/mol. The number of aromatic carboxylic acids is 1.